The Balaban J connectivity index is 1.86. The van der Waals surface area contributed by atoms with E-state index >= 15 is 0 Å². The number of pyridine rings is 1. The lowest BCUT2D eigenvalue weighted by Gasteiger charge is -2.19. The van der Waals surface area contributed by atoms with Crippen LogP contribution >= 0.6 is 0 Å². The van der Waals surface area contributed by atoms with Gasteiger partial charge >= 0.3 is 0 Å². The van der Waals surface area contributed by atoms with Gasteiger partial charge in [0.1, 0.15) is 5.82 Å². The second-order valence-corrected chi connectivity index (χ2v) is 6.03. The maximum Gasteiger partial charge on any atom is 0.226 e. The Morgan fingerprint density at radius 1 is 1.36 bits per heavy atom. The molecule has 0 aromatic carbocycles. The predicted molar refractivity (Wildman–Crippen MR) is 83.7 cm³/mol. The van der Waals surface area contributed by atoms with Gasteiger partial charge in [0.05, 0.1) is 12.2 Å². The quantitative estimate of drug-likeness (QED) is 0.869. The highest BCUT2D eigenvalue weighted by atomic mass is 16.2. The van der Waals surface area contributed by atoms with E-state index in [1.165, 1.54) is 0 Å². The minimum absolute atomic E-state index is 0.192. The zero-order valence-corrected chi connectivity index (χ0v) is 13.2. The van der Waals surface area contributed by atoms with Gasteiger partial charge in [0.25, 0.3) is 0 Å². The number of nitrogens with zero attached hydrogens (tertiary/aromatic N) is 4. The summed E-state index contributed by atoms with van der Waals surface area (Å²) in [5.74, 6) is 1.64. The van der Waals surface area contributed by atoms with Crippen molar-refractivity contribution < 1.29 is 4.79 Å². The Morgan fingerprint density at radius 3 is 2.68 bits per heavy atom. The molecule has 2 aromatic rings. The van der Waals surface area contributed by atoms with Crippen molar-refractivity contribution >= 4 is 5.91 Å². The molecule has 22 heavy (non-hydrogen) atoms. The average molecular weight is 296 g/mol. The molecular weight excluding hydrogens is 276 g/mol. The first-order valence-corrected chi connectivity index (χ1v) is 7.54. The van der Waals surface area contributed by atoms with Crippen LogP contribution in [0.15, 0.2) is 30.7 Å². The van der Waals surface area contributed by atoms with Crippen molar-refractivity contribution in [3.05, 3.63) is 42.2 Å². The molecule has 2 heterocycles. The molecule has 1 saturated carbocycles. The van der Waals surface area contributed by atoms with Crippen LogP contribution in [-0.2, 0) is 11.3 Å². The van der Waals surface area contributed by atoms with E-state index in [4.69, 9.17) is 0 Å². The van der Waals surface area contributed by atoms with Crippen molar-refractivity contribution in [2.45, 2.75) is 26.8 Å². The van der Waals surface area contributed by atoms with E-state index < -0.39 is 0 Å². The first kappa shape index (κ1) is 14.6. The van der Waals surface area contributed by atoms with E-state index in [1.807, 2.05) is 32.3 Å². The number of rotatable bonds is 4. The van der Waals surface area contributed by atoms with Crippen LogP contribution in [0, 0.1) is 18.8 Å². The van der Waals surface area contributed by atoms with E-state index in [1.54, 1.807) is 17.3 Å². The lowest BCUT2D eigenvalue weighted by molar-refractivity contribution is -0.132. The predicted octanol–water partition coefficient (Wildman–Crippen LogP) is 2.46. The lowest BCUT2D eigenvalue weighted by atomic mass is 10.1. The van der Waals surface area contributed by atoms with Crippen LogP contribution in [0.1, 0.15) is 24.9 Å². The third-order valence-corrected chi connectivity index (χ3v) is 4.17. The van der Waals surface area contributed by atoms with Crippen molar-refractivity contribution in [3.63, 3.8) is 0 Å². The van der Waals surface area contributed by atoms with E-state index in [2.05, 4.69) is 21.9 Å². The molecule has 0 spiro atoms. The van der Waals surface area contributed by atoms with Gasteiger partial charge in [-0.25, -0.2) is 9.97 Å². The molecule has 1 aliphatic carbocycles. The van der Waals surface area contributed by atoms with Crippen LogP contribution in [0.25, 0.3) is 11.1 Å². The molecule has 0 radical (unpaired) electrons. The summed E-state index contributed by atoms with van der Waals surface area (Å²) in [5, 5.41) is 0. The normalized spacial score (nSPS) is 19.8. The topological polar surface area (TPSA) is 59.0 Å². The SMILES string of the molecule is Cc1ncc(-c2ccncc2)c(CN(C)C(=O)[C@@H]2C[C@@H]2C)n1. The van der Waals surface area contributed by atoms with Crippen molar-refractivity contribution in [3.8, 4) is 11.1 Å². The van der Waals surface area contributed by atoms with Crippen molar-refractivity contribution in [2.75, 3.05) is 7.05 Å². The van der Waals surface area contributed by atoms with E-state index in [0.717, 1.165) is 23.2 Å². The minimum atomic E-state index is 0.192. The summed E-state index contributed by atoms with van der Waals surface area (Å²) in [6.45, 7) is 4.49. The van der Waals surface area contributed by atoms with Gasteiger partial charge < -0.3 is 4.90 Å². The Hall–Kier alpha value is -2.30. The molecular formula is C17H20N4O. The molecule has 1 aliphatic rings. The van der Waals surface area contributed by atoms with Gasteiger partial charge in [0.2, 0.25) is 5.91 Å². The Labute approximate surface area is 130 Å². The fraction of sp³-hybridized carbons (Fsp3) is 0.412. The summed E-state index contributed by atoms with van der Waals surface area (Å²) < 4.78 is 0. The van der Waals surface area contributed by atoms with Gasteiger partial charge in [-0.15, -0.1) is 0 Å². The molecule has 2 aromatic heterocycles. The molecule has 2 atom stereocenters. The molecule has 3 rings (SSSR count). The molecule has 0 aliphatic heterocycles. The first-order chi connectivity index (χ1) is 10.6. The molecule has 5 nitrogen and oxygen atoms in total. The summed E-state index contributed by atoms with van der Waals surface area (Å²) in [5.41, 5.74) is 2.85. The molecule has 5 heteroatoms. The molecule has 114 valence electrons. The third kappa shape index (κ3) is 2.98. The van der Waals surface area contributed by atoms with Gasteiger partial charge in [-0.1, -0.05) is 6.92 Å². The van der Waals surface area contributed by atoms with E-state index in [0.29, 0.717) is 18.3 Å². The molecule has 0 bridgehead atoms. The standard InChI is InChI=1S/C17H20N4O/c1-11-8-14(11)17(22)21(3)10-16-15(9-19-12(2)20-16)13-4-6-18-7-5-13/h4-7,9,11,14H,8,10H2,1-3H3/t11-,14+/m0/s1. The van der Waals surface area contributed by atoms with E-state index in [-0.39, 0.29) is 11.8 Å². The third-order valence-electron chi connectivity index (χ3n) is 4.17. The molecule has 0 unspecified atom stereocenters. The fourth-order valence-corrected chi connectivity index (χ4v) is 2.66. The van der Waals surface area contributed by atoms with Crippen LogP contribution in [0.3, 0.4) is 0 Å². The van der Waals surface area contributed by atoms with Crippen LogP contribution in [0.5, 0.6) is 0 Å². The summed E-state index contributed by atoms with van der Waals surface area (Å²) in [7, 11) is 1.85. The molecule has 0 N–H and O–H groups in total. The van der Waals surface area contributed by atoms with Gasteiger partial charge in [0, 0.05) is 37.1 Å². The zero-order valence-electron chi connectivity index (χ0n) is 13.2. The highest BCUT2D eigenvalue weighted by Crippen LogP contribution is 2.39. The van der Waals surface area contributed by atoms with Gasteiger partial charge in [-0.3, -0.25) is 9.78 Å². The monoisotopic (exact) mass is 296 g/mol. The summed E-state index contributed by atoms with van der Waals surface area (Å²) >= 11 is 0. The second-order valence-electron chi connectivity index (χ2n) is 6.03. The zero-order chi connectivity index (χ0) is 15.7. The lowest BCUT2D eigenvalue weighted by Crippen LogP contribution is -2.28. The average Bonchev–Trinajstić information content (AvgIpc) is 3.24. The highest BCUT2D eigenvalue weighted by Gasteiger charge is 2.40. The number of hydrogen-bond donors (Lipinski definition) is 0. The van der Waals surface area contributed by atoms with Crippen LogP contribution < -0.4 is 0 Å². The van der Waals surface area contributed by atoms with Crippen LogP contribution in [-0.4, -0.2) is 32.8 Å². The minimum Gasteiger partial charge on any atom is -0.340 e. The van der Waals surface area contributed by atoms with E-state index in [9.17, 15) is 4.79 Å². The first-order valence-electron chi connectivity index (χ1n) is 7.54. The molecule has 0 saturated heterocycles. The maximum absolute atomic E-state index is 12.3. The van der Waals surface area contributed by atoms with Crippen LogP contribution in [0.2, 0.25) is 0 Å². The fourth-order valence-electron chi connectivity index (χ4n) is 2.66. The summed E-state index contributed by atoms with van der Waals surface area (Å²) in [4.78, 5) is 27.0. The summed E-state index contributed by atoms with van der Waals surface area (Å²) in [6, 6.07) is 3.87. The molecule has 1 fully saturated rings. The Kier molecular flexibility index (Phi) is 3.88. The largest absolute Gasteiger partial charge is 0.340 e. The molecule has 1 amide bonds. The highest BCUT2D eigenvalue weighted by molar-refractivity contribution is 5.81. The Bertz CT molecular complexity index is 686. The van der Waals surface area contributed by atoms with Crippen molar-refractivity contribution in [1.82, 2.24) is 19.9 Å². The van der Waals surface area contributed by atoms with Crippen molar-refractivity contribution in [2.24, 2.45) is 11.8 Å². The number of carbonyl (C=O) groups excluding carboxylic acids is 1. The van der Waals surface area contributed by atoms with Gasteiger partial charge in [-0.05, 0) is 37.0 Å². The number of aryl methyl sites for hydroxylation is 1. The number of hydrogen-bond acceptors (Lipinski definition) is 4. The number of aromatic nitrogens is 3. The second kappa shape index (κ2) is 5.83. The smallest absolute Gasteiger partial charge is 0.226 e. The van der Waals surface area contributed by atoms with Crippen molar-refractivity contribution in [1.29, 1.82) is 0 Å². The maximum atomic E-state index is 12.3. The van der Waals surface area contributed by atoms with Crippen LogP contribution in [0.4, 0.5) is 0 Å². The Morgan fingerprint density at radius 2 is 2.05 bits per heavy atom. The van der Waals surface area contributed by atoms with Gasteiger partial charge in [0.15, 0.2) is 0 Å². The van der Waals surface area contributed by atoms with Gasteiger partial charge in [-0.2, -0.15) is 0 Å². The number of carbonyl (C=O) groups is 1. The summed E-state index contributed by atoms with van der Waals surface area (Å²) in [6.07, 6.45) is 6.33. The number of amides is 1.